The molecule has 1 fully saturated rings. The van der Waals surface area contributed by atoms with Gasteiger partial charge in [-0.3, -0.25) is 9.89 Å². The topological polar surface area (TPSA) is 78.8 Å². The molecule has 0 saturated carbocycles. The fraction of sp³-hybridized carbons (Fsp3) is 0.476. The van der Waals surface area contributed by atoms with Crippen molar-refractivity contribution in [2.75, 3.05) is 19.6 Å². The average Bonchev–Trinajstić information content (AvgIpc) is 3.35. The Kier molecular flexibility index (Phi) is 5.61. The molecule has 2 aliphatic heterocycles. The minimum Gasteiger partial charge on any atom is -0.337 e. The number of likely N-dealkylation sites (tertiary alicyclic amines) is 1. The zero-order chi connectivity index (χ0) is 19.1. The third kappa shape index (κ3) is 3.42. The van der Waals surface area contributed by atoms with Gasteiger partial charge in [-0.05, 0) is 25.0 Å². The number of para-hydroxylation sites is 2. The van der Waals surface area contributed by atoms with Gasteiger partial charge in [-0.15, -0.1) is 12.4 Å². The van der Waals surface area contributed by atoms with Crippen LogP contribution in [-0.2, 0) is 19.4 Å². The molecule has 1 aromatic carbocycles. The molecule has 0 spiro atoms. The fourth-order valence-corrected chi connectivity index (χ4v) is 4.63. The predicted molar refractivity (Wildman–Crippen MR) is 115 cm³/mol. The Morgan fingerprint density at radius 2 is 2.03 bits per heavy atom. The number of benzene rings is 1. The Labute approximate surface area is 176 Å². The summed E-state index contributed by atoms with van der Waals surface area (Å²) in [6, 6.07) is 8.74. The number of hydrogen-bond acceptors (Lipinski definition) is 4. The average molecular weight is 415 g/mol. The van der Waals surface area contributed by atoms with E-state index < -0.39 is 0 Å². The van der Waals surface area contributed by atoms with Crippen LogP contribution in [-0.4, -0.2) is 50.2 Å². The number of piperidine rings is 1. The third-order valence-corrected chi connectivity index (χ3v) is 6.11. The van der Waals surface area contributed by atoms with Crippen LogP contribution in [0.15, 0.2) is 24.3 Å². The summed E-state index contributed by atoms with van der Waals surface area (Å²) >= 11 is 0. The molecule has 8 heteroatoms. The van der Waals surface area contributed by atoms with Crippen LogP contribution in [0.5, 0.6) is 0 Å². The van der Waals surface area contributed by atoms with E-state index >= 15 is 0 Å². The van der Waals surface area contributed by atoms with Crippen molar-refractivity contribution >= 4 is 29.3 Å². The van der Waals surface area contributed by atoms with Crippen molar-refractivity contribution in [1.29, 1.82) is 0 Å². The van der Waals surface area contributed by atoms with Gasteiger partial charge in [0.05, 0.1) is 11.0 Å². The van der Waals surface area contributed by atoms with E-state index in [0.717, 1.165) is 74.5 Å². The second-order valence-electron chi connectivity index (χ2n) is 7.72. The lowest BCUT2D eigenvalue weighted by Crippen LogP contribution is -2.40. The smallest absolute Gasteiger partial charge is 0.274 e. The van der Waals surface area contributed by atoms with Crippen molar-refractivity contribution in [2.24, 2.45) is 0 Å². The molecule has 4 heterocycles. The molecule has 3 aromatic rings. The number of hydrogen-bond donors (Lipinski definition) is 2. The molecule has 2 aliphatic rings. The van der Waals surface area contributed by atoms with Gasteiger partial charge in [0.2, 0.25) is 0 Å². The summed E-state index contributed by atoms with van der Waals surface area (Å²) < 4.78 is 2.40. The van der Waals surface area contributed by atoms with Crippen LogP contribution in [0.1, 0.15) is 53.4 Å². The van der Waals surface area contributed by atoms with Crippen LogP contribution in [0.2, 0.25) is 0 Å². The molecule has 0 bridgehead atoms. The Balaban J connectivity index is 0.00000205. The van der Waals surface area contributed by atoms with E-state index in [-0.39, 0.29) is 18.3 Å². The zero-order valence-electron chi connectivity index (χ0n) is 16.6. The normalized spacial score (nSPS) is 17.2. The molecule has 1 saturated heterocycles. The van der Waals surface area contributed by atoms with E-state index in [1.165, 1.54) is 5.52 Å². The molecular formula is C21H27ClN6O. The van der Waals surface area contributed by atoms with E-state index in [1.807, 2.05) is 11.0 Å². The zero-order valence-corrected chi connectivity index (χ0v) is 17.5. The maximum Gasteiger partial charge on any atom is 0.274 e. The summed E-state index contributed by atoms with van der Waals surface area (Å²) in [5.74, 6) is 1.20. The number of aromatic amines is 1. The highest BCUT2D eigenvalue weighted by Crippen LogP contribution is 2.30. The number of nitrogens with one attached hydrogen (secondary N) is 2. The molecule has 7 nitrogen and oxygen atoms in total. The molecule has 0 aliphatic carbocycles. The standard InChI is InChI=1S/C21H26N6O.ClH/c1-2-19-23-17-5-3-4-6-18(17)27(19)14-8-11-26(12-9-14)21(28)20-15-13-22-10-7-16(15)24-25-20;/h3-6,14,22H,2,7-13H2,1H3,(H,24,25);1H. The Hall–Kier alpha value is -2.38. The second-order valence-corrected chi connectivity index (χ2v) is 7.72. The number of imidazole rings is 1. The largest absolute Gasteiger partial charge is 0.337 e. The number of halogens is 1. The van der Waals surface area contributed by atoms with Crippen LogP contribution in [0, 0.1) is 0 Å². The van der Waals surface area contributed by atoms with Crippen molar-refractivity contribution in [3.8, 4) is 0 Å². The van der Waals surface area contributed by atoms with Gasteiger partial charge in [-0.25, -0.2) is 4.98 Å². The van der Waals surface area contributed by atoms with Crippen molar-refractivity contribution in [3.05, 3.63) is 47.0 Å². The van der Waals surface area contributed by atoms with E-state index in [4.69, 9.17) is 4.98 Å². The highest BCUT2D eigenvalue weighted by Gasteiger charge is 2.30. The number of carbonyl (C=O) groups excluding carboxylic acids is 1. The van der Waals surface area contributed by atoms with Crippen molar-refractivity contribution in [2.45, 2.75) is 45.2 Å². The highest BCUT2D eigenvalue weighted by atomic mass is 35.5. The van der Waals surface area contributed by atoms with Gasteiger partial charge in [0.25, 0.3) is 5.91 Å². The van der Waals surface area contributed by atoms with Crippen LogP contribution < -0.4 is 5.32 Å². The van der Waals surface area contributed by atoms with Crippen molar-refractivity contribution in [3.63, 3.8) is 0 Å². The molecule has 1 amide bonds. The molecule has 29 heavy (non-hydrogen) atoms. The molecular weight excluding hydrogens is 388 g/mol. The van der Waals surface area contributed by atoms with Gasteiger partial charge in [0.1, 0.15) is 5.82 Å². The molecule has 0 atom stereocenters. The molecule has 2 N–H and O–H groups in total. The fourth-order valence-electron chi connectivity index (χ4n) is 4.63. The summed E-state index contributed by atoms with van der Waals surface area (Å²) in [5.41, 5.74) is 5.02. The Morgan fingerprint density at radius 1 is 1.24 bits per heavy atom. The quantitative estimate of drug-likeness (QED) is 0.690. The van der Waals surface area contributed by atoms with Gasteiger partial charge in [0.15, 0.2) is 5.69 Å². The molecule has 5 rings (SSSR count). The lowest BCUT2D eigenvalue weighted by Gasteiger charge is -2.33. The lowest BCUT2D eigenvalue weighted by molar-refractivity contribution is 0.0688. The first-order chi connectivity index (χ1) is 13.8. The maximum absolute atomic E-state index is 13.1. The molecule has 0 radical (unpaired) electrons. The van der Waals surface area contributed by atoms with E-state index in [0.29, 0.717) is 11.7 Å². The van der Waals surface area contributed by atoms with Gasteiger partial charge >= 0.3 is 0 Å². The first-order valence-electron chi connectivity index (χ1n) is 10.3. The minimum absolute atomic E-state index is 0. The Bertz CT molecular complexity index is 1020. The molecule has 2 aromatic heterocycles. The molecule has 154 valence electrons. The predicted octanol–water partition coefficient (Wildman–Crippen LogP) is 2.87. The number of carbonyl (C=O) groups is 1. The number of aryl methyl sites for hydroxylation is 1. The van der Waals surface area contributed by atoms with E-state index in [2.05, 4.69) is 45.2 Å². The maximum atomic E-state index is 13.1. The highest BCUT2D eigenvalue weighted by molar-refractivity contribution is 5.94. The lowest BCUT2D eigenvalue weighted by atomic mass is 10.0. The van der Waals surface area contributed by atoms with Gasteiger partial charge < -0.3 is 14.8 Å². The van der Waals surface area contributed by atoms with Crippen molar-refractivity contribution in [1.82, 2.24) is 30.0 Å². The summed E-state index contributed by atoms with van der Waals surface area (Å²) in [6.07, 6.45) is 3.72. The first kappa shape index (κ1) is 19.9. The van der Waals surface area contributed by atoms with Crippen LogP contribution >= 0.6 is 12.4 Å². The Morgan fingerprint density at radius 3 is 2.83 bits per heavy atom. The van der Waals surface area contributed by atoms with Gasteiger partial charge in [0, 0.05) is 56.3 Å². The number of rotatable bonds is 3. The van der Waals surface area contributed by atoms with E-state index in [1.54, 1.807) is 0 Å². The monoisotopic (exact) mass is 414 g/mol. The first-order valence-corrected chi connectivity index (χ1v) is 10.3. The van der Waals surface area contributed by atoms with Gasteiger partial charge in [-0.1, -0.05) is 19.1 Å². The minimum atomic E-state index is 0. The van der Waals surface area contributed by atoms with Crippen LogP contribution in [0.25, 0.3) is 11.0 Å². The molecule has 0 unspecified atom stereocenters. The van der Waals surface area contributed by atoms with Gasteiger partial charge in [-0.2, -0.15) is 5.10 Å². The number of amides is 1. The second kappa shape index (κ2) is 8.16. The SMILES string of the molecule is CCc1nc2ccccc2n1C1CCN(C(=O)c2n[nH]c3c2CNCC3)CC1.Cl. The summed E-state index contributed by atoms with van der Waals surface area (Å²) in [6.45, 7) is 5.34. The number of nitrogens with zero attached hydrogens (tertiary/aromatic N) is 4. The number of aromatic nitrogens is 4. The third-order valence-electron chi connectivity index (χ3n) is 6.11. The summed E-state index contributed by atoms with van der Waals surface area (Å²) in [4.78, 5) is 19.8. The van der Waals surface area contributed by atoms with E-state index in [9.17, 15) is 4.79 Å². The number of H-pyrrole nitrogens is 1. The van der Waals surface area contributed by atoms with Crippen LogP contribution in [0.4, 0.5) is 0 Å². The summed E-state index contributed by atoms with van der Waals surface area (Å²) in [5, 5.41) is 10.7. The van der Waals surface area contributed by atoms with Crippen molar-refractivity contribution < 1.29 is 4.79 Å². The summed E-state index contributed by atoms with van der Waals surface area (Å²) in [7, 11) is 0. The van der Waals surface area contributed by atoms with Crippen LogP contribution in [0.3, 0.4) is 0 Å². The number of fused-ring (bicyclic) bond motifs is 2.